The molecule has 2 heterocycles. The van der Waals surface area contributed by atoms with Crippen LogP contribution in [0.2, 0.25) is 0 Å². The molecule has 2 unspecified atom stereocenters. The first-order valence-electron chi connectivity index (χ1n) is 12.5. The van der Waals surface area contributed by atoms with Crippen molar-refractivity contribution in [3.63, 3.8) is 0 Å². The van der Waals surface area contributed by atoms with Crippen LogP contribution in [-0.2, 0) is 26.1 Å². The lowest BCUT2D eigenvalue weighted by molar-refractivity contribution is -0.242. The van der Waals surface area contributed by atoms with E-state index in [0.717, 1.165) is 4.31 Å². The van der Waals surface area contributed by atoms with Crippen molar-refractivity contribution in [2.75, 3.05) is 29.4 Å². The van der Waals surface area contributed by atoms with Gasteiger partial charge in [-0.3, -0.25) is 19.1 Å². The lowest BCUT2D eigenvalue weighted by Crippen LogP contribution is -2.54. The first kappa shape index (κ1) is 31.8. The van der Waals surface area contributed by atoms with Gasteiger partial charge in [0.25, 0.3) is 15.9 Å². The van der Waals surface area contributed by atoms with Crippen LogP contribution in [0.4, 0.5) is 29.3 Å². The molecule has 0 aliphatic carbocycles. The molecular formula is C24H32F3N5O8S. The van der Waals surface area contributed by atoms with Crippen LogP contribution in [-0.4, -0.2) is 79.0 Å². The summed E-state index contributed by atoms with van der Waals surface area (Å²) in [6, 6.07) is 2.88. The molecular weight excluding hydrogens is 575 g/mol. The van der Waals surface area contributed by atoms with Crippen LogP contribution in [0.25, 0.3) is 0 Å². The number of aromatic nitrogens is 2. The second-order valence-electron chi connectivity index (χ2n) is 9.57. The van der Waals surface area contributed by atoms with E-state index in [9.17, 15) is 36.3 Å². The number of aliphatic hydroxyl groups is 1. The lowest BCUT2D eigenvalue weighted by Gasteiger charge is -2.41. The van der Waals surface area contributed by atoms with Gasteiger partial charge in [0.15, 0.2) is 4.90 Å². The molecule has 0 radical (unpaired) electrons. The number of nitrogens with one attached hydrogen (secondary N) is 2. The number of carbonyl (C=O) groups excluding carboxylic acids is 2. The van der Waals surface area contributed by atoms with Crippen molar-refractivity contribution in [1.82, 2.24) is 15.1 Å². The fourth-order valence-corrected chi connectivity index (χ4v) is 5.57. The maximum atomic E-state index is 14.1. The molecule has 3 rings (SSSR count). The number of carbonyl (C=O) groups is 2. The van der Waals surface area contributed by atoms with Crippen LogP contribution < -0.4 is 24.4 Å². The molecule has 1 aliphatic heterocycles. The average molecular weight is 608 g/mol. The van der Waals surface area contributed by atoms with Crippen LogP contribution >= 0.6 is 0 Å². The van der Waals surface area contributed by atoms with Gasteiger partial charge in [0.05, 0.1) is 24.9 Å². The molecule has 13 nitrogen and oxygen atoms in total. The Hall–Kier alpha value is -3.73. The number of halogens is 3. The van der Waals surface area contributed by atoms with E-state index in [1.165, 1.54) is 42.9 Å². The van der Waals surface area contributed by atoms with Crippen LogP contribution in [0, 0.1) is 0 Å². The normalized spacial score (nSPS) is 17.3. The first-order valence-corrected chi connectivity index (χ1v) is 13.9. The summed E-state index contributed by atoms with van der Waals surface area (Å²) in [6.45, 7) is 5.54. The van der Waals surface area contributed by atoms with Crippen molar-refractivity contribution < 1.29 is 50.5 Å². The summed E-state index contributed by atoms with van der Waals surface area (Å²) in [6.07, 6.45) is -5.86. The zero-order valence-corrected chi connectivity index (χ0v) is 23.8. The molecule has 3 N–H and O–H groups in total. The smallest absolute Gasteiger partial charge is 0.427 e. The van der Waals surface area contributed by atoms with E-state index in [4.69, 9.17) is 9.47 Å². The SMILES string of the molecule is CCn1cc(S(=O)(=O)N2c3cc(NC(=O)OC(C)(C)C(F)(F)F)ccc3OC(CNC(C)=O)C2C)c(OCCO)n1. The standard InChI is InChI=1S/C24H32F3N5O8S/c1-6-31-13-20(21(30-31)38-10-9-33)41(36,37)32-14(2)19(12-28-15(3)34)39-18-8-7-16(11-17(18)32)29-22(35)40-23(4,5)24(25,26)27/h7-8,11,13-14,19,33H,6,9-10,12H2,1-5H3,(H,28,34)(H,29,35). The van der Waals surface area contributed by atoms with E-state index in [-0.39, 0.29) is 47.0 Å². The third kappa shape index (κ3) is 6.95. The molecule has 228 valence electrons. The Morgan fingerprint density at radius 2 is 1.93 bits per heavy atom. The second-order valence-corrected chi connectivity index (χ2v) is 11.3. The van der Waals surface area contributed by atoms with E-state index in [1.54, 1.807) is 6.92 Å². The van der Waals surface area contributed by atoms with Crippen LogP contribution in [0.3, 0.4) is 0 Å². The van der Waals surface area contributed by atoms with Crippen LogP contribution in [0.1, 0.15) is 34.6 Å². The zero-order chi connectivity index (χ0) is 30.8. The number of hydrogen-bond acceptors (Lipinski definition) is 9. The number of hydrogen-bond donors (Lipinski definition) is 3. The maximum absolute atomic E-state index is 14.1. The summed E-state index contributed by atoms with van der Waals surface area (Å²) < 4.78 is 86.0. The number of benzene rings is 1. The predicted octanol–water partition coefficient (Wildman–Crippen LogP) is 2.64. The van der Waals surface area contributed by atoms with E-state index >= 15 is 0 Å². The van der Waals surface area contributed by atoms with Gasteiger partial charge in [0.2, 0.25) is 11.5 Å². The van der Waals surface area contributed by atoms with Gasteiger partial charge >= 0.3 is 12.3 Å². The minimum absolute atomic E-state index is 0.0527. The van der Waals surface area contributed by atoms with Gasteiger partial charge in [-0.2, -0.15) is 13.2 Å². The van der Waals surface area contributed by atoms with Crippen LogP contribution in [0.15, 0.2) is 29.3 Å². The molecule has 1 aliphatic rings. The highest BCUT2D eigenvalue weighted by Gasteiger charge is 2.51. The number of aliphatic hydroxyl groups excluding tert-OH is 1. The van der Waals surface area contributed by atoms with Gasteiger partial charge in [-0.25, -0.2) is 13.2 Å². The van der Waals surface area contributed by atoms with Crippen molar-refractivity contribution in [3.05, 3.63) is 24.4 Å². The molecule has 0 bridgehead atoms. The number of alkyl halides is 3. The molecule has 1 aromatic heterocycles. The Bertz CT molecular complexity index is 1380. The summed E-state index contributed by atoms with van der Waals surface area (Å²) in [5.41, 5.74) is -2.93. The third-order valence-electron chi connectivity index (χ3n) is 6.10. The summed E-state index contributed by atoms with van der Waals surface area (Å²) in [5, 5.41) is 18.1. The Kier molecular flexibility index (Phi) is 9.32. The fourth-order valence-electron chi connectivity index (χ4n) is 3.81. The van der Waals surface area contributed by atoms with Crippen molar-refractivity contribution in [2.24, 2.45) is 0 Å². The van der Waals surface area contributed by atoms with Crippen LogP contribution in [0.5, 0.6) is 11.6 Å². The molecule has 0 saturated heterocycles. The Morgan fingerprint density at radius 3 is 2.51 bits per heavy atom. The summed E-state index contributed by atoms with van der Waals surface area (Å²) in [7, 11) is -4.48. The number of sulfonamides is 1. The number of ether oxygens (including phenoxy) is 3. The molecule has 41 heavy (non-hydrogen) atoms. The summed E-state index contributed by atoms with van der Waals surface area (Å²) in [4.78, 5) is 23.5. The highest BCUT2D eigenvalue weighted by atomic mass is 32.2. The lowest BCUT2D eigenvalue weighted by atomic mass is 10.1. The fraction of sp³-hybridized carbons (Fsp3) is 0.542. The van der Waals surface area contributed by atoms with Crippen molar-refractivity contribution in [2.45, 2.75) is 70.0 Å². The maximum Gasteiger partial charge on any atom is 0.427 e. The van der Waals surface area contributed by atoms with E-state index < -0.39 is 46.6 Å². The molecule has 0 saturated carbocycles. The summed E-state index contributed by atoms with van der Waals surface area (Å²) >= 11 is 0. The Morgan fingerprint density at radius 1 is 1.24 bits per heavy atom. The predicted molar refractivity (Wildman–Crippen MR) is 139 cm³/mol. The number of fused-ring (bicyclic) bond motifs is 1. The molecule has 0 spiro atoms. The Balaban J connectivity index is 2.07. The quantitative estimate of drug-likeness (QED) is 0.369. The molecule has 2 atom stereocenters. The molecule has 2 aromatic rings. The molecule has 1 aromatic carbocycles. The molecule has 0 fully saturated rings. The number of amides is 2. The average Bonchev–Trinajstić information content (AvgIpc) is 3.29. The third-order valence-corrected chi connectivity index (χ3v) is 7.98. The second kappa shape index (κ2) is 12.0. The largest absolute Gasteiger partial charge is 0.484 e. The molecule has 2 amide bonds. The minimum atomic E-state index is -4.84. The first-order chi connectivity index (χ1) is 19.0. The zero-order valence-electron chi connectivity index (χ0n) is 23.0. The van der Waals surface area contributed by atoms with Gasteiger partial charge < -0.3 is 24.6 Å². The monoisotopic (exact) mass is 607 g/mol. The summed E-state index contributed by atoms with van der Waals surface area (Å²) in [5.74, 6) is -0.575. The molecule has 17 heteroatoms. The van der Waals surface area contributed by atoms with Crippen molar-refractivity contribution >= 4 is 33.4 Å². The van der Waals surface area contributed by atoms with E-state index in [1.807, 2.05) is 0 Å². The van der Waals surface area contributed by atoms with Gasteiger partial charge in [-0.1, -0.05) is 0 Å². The van der Waals surface area contributed by atoms with E-state index in [2.05, 4.69) is 20.5 Å². The van der Waals surface area contributed by atoms with Gasteiger partial charge in [-0.05, 0) is 45.9 Å². The number of anilines is 2. The minimum Gasteiger partial charge on any atom is -0.484 e. The van der Waals surface area contributed by atoms with Gasteiger partial charge in [0, 0.05) is 25.4 Å². The topological polar surface area (TPSA) is 161 Å². The highest BCUT2D eigenvalue weighted by Crippen LogP contribution is 2.43. The van der Waals surface area contributed by atoms with Gasteiger partial charge in [0.1, 0.15) is 18.5 Å². The Labute approximate surface area is 234 Å². The highest BCUT2D eigenvalue weighted by molar-refractivity contribution is 7.93. The van der Waals surface area contributed by atoms with Crippen molar-refractivity contribution in [3.8, 4) is 11.6 Å². The number of rotatable bonds is 10. The van der Waals surface area contributed by atoms with Gasteiger partial charge in [-0.15, -0.1) is 5.10 Å². The van der Waals surface area contributed by atoms with Crippen molar-refractivity contribution in [1.29, 1.82) is 0 Å². The van der Waals surface area contributed by atoms with E-state index in [0.29, 0.717) is 20.4 Å². The number of aryl methyl sites for hydroxylation is 1. The number of nitrogens with zero attached hydrogens (tertiary/aromatic N) is 3.